The summed E-state index contributed by atoms with van der Waals surface area (Å²) in [5.41, 5.74) is 5.35. The predicted molar refractivity (Wildman–Crippen MR) is 126 cm³/mol. The summed E-state index contributed by atoms with van der Waals surface area (Å²) in [6.45, 7) is 1.01. The fourth-order valence-corrected chi connectivity index (χ4v) is 3.64. The average Bonchev–Trinajstić information content (AvgIpc) is 2.76. The molecule has 0 aliphatic heterocycles. The third-order valence-corrected chi connectivity index (χ3v) is 5.46. The lowest BCUT2D eigenvalue weighted by atomic mass is 10.0. The molecule has 0 amide bonds. The summed E-state index contributed by atoms with van der Waals surface area (Å²) in [5.74, 6) is -1.29. The van der Waals surface area contributed by atoms with Crippen LogP contribution in [0.25, 0.3) is 22.0 Å². The largest absolute Gasteiger partial charge is 0.504 e. The number of anilines is 2. The fraction of sp³-hybridized carbons (Fsp3) is 0.160. The first-order chi connectivity index (χ1) is 14.9. The average molecular weight is 436 g/mol. The van der Waals surface area contributed by atoms with Crippen LogP contribution in [0.4, 0.5) is 15.8 Å². The maximum absolute atomic E-state index is 14.0. The zero-order valence-corrected chi connectivity index (χ0v) is 18.1. The molecule has 6 heteroatoms. The first-order valence-corrected chi connectivity index (χ1v) is 10.4. The Morgan fingerprint density at radius 1 is 1.00 bits per heavy atom. The van der Waals surface area contributed by atoms with Crippen molar-refractivity contribution in [2.24, 2.45) is 0 Å². The molecule has 0 unspecified atom stereocenters. The van der Waals surface area contributed by atoms with Gasteiger partial charge in [0.25, 0.3) is 0 Å². The Labute approximate surface area is 185 Å². The van der Waals surface area contributed by atoms with Gasteiger partial charge < -0.3 is 15.3 Å². The van der Waals surface area contributed by atoms with Crippen molar-refractivity contribution in [2.45, 2.75) is 6.42 Å². The molecule has 0 saturated heterocycles. The van der Waals surface area contributed by atoms with Gasteiger partial charge in [-0.25, -0.2) is 4.39 Å². The van der Waals surface area contributed by atoms with E-state index in [9.17, 15) is 9.50 Å². The van der Waals surface area contributed by atoms with Gasteiger partial charge in [-0.3, -0.25) is 4.98 Å². The molecule has 0 saturated carbocycles. The van der Waals surface area contributed by atoms with Gasteiger partial charge in [-0.2, -0.15) is 0 Å². The number of aromatic nitrogens is 1. The van der Waals surface area contributed by atoms with Crippen LogP contribution < -0.4 is 5.32 Å². The Hall–Kier alpha value is -3.15. The third-order valence-electron chi connectivity index (χ3n) is 5.17. The van der Waals surface area contributed by atoms with Gasteiger partial charge in [0.15, 0.2) is 11.6 Å². The van der Waals surface area contributed by atoms with Gasteiger partial charge in [-0.15, -0.1) is 0 Å². The molecular formula is C25H23ClFN3O. The number of aromatic hydroxyl groups is 1. The topological polar surface area (TPSA) is 48.4 Å². The molecule has 4 nitrogen and oxygen atoms in total. The molecule has 0 spiro atoms. The first kappa shape index (κ1) is 21.1. The number of rotatable bonds is 6. The number of phenolic OH excluding ortho intramolecular Hbond substituents is 1. The van der Waals surface area contributed by atoms with E-state index in [1.807, 2.05) is 24.3 Å². The van der Waals surface area contributed by atoms with Crippen molar-refractivity contribution in [3.05, 3.63) is 83.3 Å². The number of nitrogens with one attached hydrogen (secondary N) is 1. The Bertz CT molecular complexity index is 1200. The van der Waals surface area contributed by atoms with Crippen LogP contribution in [0.15, 0.2) is 66.9 Å². The zero-order chi connectivity index (χ0) is 22.0. The van der Waals surface area contributed by atoms with E-state index in [4.69, 9.17) is 11.6 Å². The van der Waals surface area contributed by atoms with E-state index in [-0.39, 0.29) is 5.02 Å². The molecule has 0 aliphatic carbocycles. The summed E-state index contributed by atoms with van der Waals surface area (Å²) in [6, 6.07) is 18.8. The lowest BCUT2D eigenvalue weighted by Crippen LogP contribution is -2.14. The molecule has 0 aliphatic rings. The van der Waals surface area contributed by atoms with Crippen molar-refractivity contribution in [3.8, 4) is 16.9 Å². The number of nitrogens with zero attached hydrogens (tertiary/aromatic N) is 2. The van der Waals surface area contributed by atoms with E-state index in [1.165, 1.54) is 11.6 Å². The molecule has 158 valence electrons. The molecule has 3 aromatic carbocycles. The molecule has 4 aromatic rings. The van der Waals surface area contributed by atoms with E-state index < -0.39 is 11.6 Å². The van der Waals surface area contributed by atoms with Crippen molar-refractivity contribution < 1.29 is 9.50 Å². The van der Waals surface area contributed by atoms with Crippen molar-refractivity contribution >= 4 is 33.9 Å². The maximum atomic E-state index is 14.0. The van der Waals surface area contributed by atoms with E-state index in [0.717, 1.165) is 40.8 Å². The highest BCUT2D eigenvalue weighted by Gasteiger charge is 2.11. The highest BCUT2D eigenvalue weighted by atomic mass is 35.5. The Balaban J connectivity index is 1.65. The molecule has 0 fully saturated rings. The number of halogens is 2. The number of pyridine rings is 1. The quantitative estimate of drug-likeness (QED) is 0.376. The van der Waals surface area contributed by atoms with E-state index in [1.54, 1.807) is 12.3 Å². The molecule has 2 N–H and O–H groups in total. The van der Waals surface area contributed by atoms with Gasteiger partial charge in [0.2, 0.25) is 0 Å². The highest BCUT2D eigenvalue weighted by molar-refractivity contribution is 6.32. The highest BCUT2D eigenvalue weighted by Crippen LogP contribution is 2.35. The van der Waals surface area contributed by atoms with Crippen molar-refractivity contribution in [1.29, 1.82) is 0 Å². The fourth-order valence-electron chi connectivity index (χ4n) is 3.43. The second kappa shape index (κ2) is 8.92. The Kier molecular flexibility index (Phi) is 6.07. The zero-order valence-electron chi connectivity index (χ0n) is 17.4. The summed E-state index contributed by atoms with van der Waals surface area (Å²) in [4.78, 5) is 6.60. The van der Waals surface area contributed by atoms with Crippen LogP contribution in [0.3, 0.4) is 0 Å². The van der Waals surface area contributed by atoms with Crippen molar-refractivity contribution in [3.63, 3.8) is 0 Å². The molecule has 31 heavy (non-hydrogen) atoms. The van der Waals surface area contributed by atoms with E-state index in [0.29, 0.717) is 5.56 Å². The van der Waals surface area contributed by atoms with Crippen LogP contribution in [0.5, 0.6) is 5.75 Å². The normalized spacial score (nSPS) is 11.3. The van der Waals surface area contributed by atoms with Crippen LogP contribution in [0.1, 0.15) is 5.56 Å². The SMILES string of the molecule is CN(C)CCc1ccc(Nc2ccnc3ccc(-c4cc(F)c(O)c(Cl)c4)cc23)cc1. The number of phenols is 1. The van der Waals surface area contributed by atoms with Crippen LogP contribution in [0, 0.1) is 5.82 Å². The summed E-state index contributed by atoms with van der Waals surface area (Å²) in [6.07, 6.45) is 2.76. The minimum Gasteiger partial charge on any atom is -0.504 e. The number of hydrogen-bond acceptors (Lipinski definition) is 4. The third kappa shape index (κ3) is 4.79. The van der Waals surface area contributed by atoms with Gasteiger partial charge in [0, 0.05) is 29.5 Å². The summed E-state index contributed by atoms with van der Waals surface area (Å²) < 4.78 is 14.0. The lowest BCUT2D eigenvalue weighted by Gasteiger charge is -2.13. The second-order valence-corrected chi connectivity index (χ2v) is 8.16. The van der Waals surface area contributed by atoms with Gasteiger partial charge in [-0.1, -0.05) is 29.8 Å². The molecule has 1 aromatic heterocycles. The Morgan fingerprint density at radius 2 is 1.77 bits per heavy atom. The second-order valence-electron chi connectivity index (χ2n) is 7.75. The molecule has 0 atom stereocenters. The predicted octanol–water partition coefficient (Wildman–Crippen LogP) is 6.25. The summed E-state index contributed by atoms with van der Waals surface area (Å²) in [7, 11) is 4.14. The van der Waals surface area contributed by atoms with Crippen LogP contribution in [-0.2, 0) is 6.42 Å². The van der Waals surface area contributed by atoms with Crippen LogP contribution in [-0.4, -0.2) is 35.6 Å². The maximum Gasteiger partial charge on any atom is 0.170 e. The standard InChI is InChI=1S/C25H23ClFN3O/c1-30(2)12-10-16-3-6-19(7-4-16)29-24-9-11-28-23-8-5-17(13-20(23)24)18-14-21(26)25(31)22(27)15-18/h3-9,11,13-15,31H,10,12H2,1-2H3,(H,28,29). The first-order valence-electron chi connectivity index (χ1n) is 9.98. The number of hydrogen-bond donors (Lipinski definition) is 2. The molecule has 1 heterocycles. The van der Waals surface area contributed by atoms with Gasteiger partial charge in [0.05, 0.1) is 10.5 Å². The molecule has 4 rings (SSSR count). The lowest BCUT2D eigenvalue weighted by molar-refractivity contribution is 0.413. The van der Waals surface area contributed by atoms with Crippen molar-refractivity contribution in [2.75, 3.05) is 26.0 Å². The van der Waals surface area contributed by atoms with E-state index >= 15 is 0 Å². The van der Waals surface area contributed by atoms with Gasteiger partial charge in [-0.05, 0) is 79.7 Å². The number of benzene rings is 3. The Morgan fingerprint density at radius 3 is 2.48 bits per heavy atom. The van der Waals surface area contributed by atoms with Crippen molar-refractivity contribution in [1.82, 2.24) is 9.88 Å². The molecule has 0 radical (unpaired) electrons. The van der Waals surface area contributed by atoms with Gasteiger partial charge >= 0.3 is 0 Å². The van der Waals surface area contributed by atoms with Crippen LogP contribution in [0.2, 0.25) is 5.02 Å². The number of likely N-dealkylation sites (N-methyl/N-ethyl adjacent to an activating group) is 1. The van der Waals surface area contributed by atoms with Crippen LogP contribution >= 0.6 is 11.6 Å². The van der Waals surface area contributed by atoms with E-state index in [2.05, 4.69) is 53.6 Å². The molecule has 0 bridgehead atoms. The monoisotopic (exact) mass is 435 g/mol. The minimum atomic E-state index is -0.749. The minimum absolute atomic E-state index is 0.0195. The summed E-state index contributed by atoms with van der Waals surface area (Å²) in [5, 5.41) is 14.0. The molecular weight excluding hydrogens is 413 g/mol. The smallest absolute Gasteiger partial charge is 0.170 e. The number of fused-ring (bicyclic) bond motifs is 1. The summed E-state index contributed by atoms with van der Waals surface area (Å²) >= 11 is 5.96. The van der Waals surface area contributed by atoms with Gasteiger partial charge in [0.1, 0.15) is 0 Å².